The zero-order valence-electron chi connectivity index (χ0n) is 10.0. The molecule has 0 fully saturated rings. The van der Waals surface area contributed by atoms with E-state index < -0.39 is 0 Å². The van der Waals surface area contributed by atoms with Gasteiger partial charge in [-0.3, -0.25) is 4.79 Å². The number of aromatic nitrogens is 1. The highest BCUT2D eigenvalue weighted by Gasteiger charge is 2.01. The summed E-state index contributed by atoms with van der Waals surface area (Å²) in [6.45, 7) is 2.33. The first-order valence-electron chi connectivity index (χ1n) is 5.54. The van der Waals surface area contributed by atoms with Crippen molar-refractivity contribution in [1.82, 2.24) is 4.57 Å². The smallest absolute Gasteiger partial charge is 0.251 e. The van der Waals surface area contributed by atoms with Gasteiger partial charge >= 0.3 is 0 Å². The molecular formula is C14H13NO2S. The van der Waals surface area contributed by atoms with Crippen LogP contribution >= 0.6 is 11.3 Å². The molecule has 0 amide bonds. The molecule has 2 rings (SSSR count). The van der Waals surface area contributed by atoms with E-state index in [4.69, 9.17) is 5.11 Å². The van der Waals surface area contributed by atoms with Crippen LogP contribution in [0.15, 0.2) is 35.3 Å². The van der Waals surface area contributed by atoms with Crippen LogP contribution < -0.4 is 5.56 Å². The van der Waals surface area contributed by atoms with Gasteiger partial charge in [0.15, 0.2) is 0 Å². The van der Waals surface area contributed by atoms with Crippen LogP contribution in [-0.2, 0) is 6.54 Å². The van der Waals surface area contributed by atoms with E-state index in [-0.39, 0.29) is 12.2 Å². The van der Waals surface area contributed by atoms with Crippen molar-refractivity contribution >= 4 is 11.3 Å². The quantitative estimate of drug-likeness (QED) is 0.833. The fourth-order valence-corrected chi connectivity index (χ4v) is 2.44. The van der Waals surface area contributed by atoms with E-state index in [0.717, 1.165) is 15.3 Å². The Hall–Kier alpha value is -1.83. The third-order valence-electron chi connectivity index (χ3n) is 2.43. The molecule has 0 radical (unpaired) electrons. The van der Waals surface area contributed by atoms with Crippen LogP contribution in [0.3, 0.4) is 0 Å². The standard InChI is InChI=1S/C14H13NO2S/c1-11-6-7-15(14(17)9-11)10-13-5-4-12(18-13)3-2-8-16/h4-7,9,16H,8,10H2,1H3. The van der Waals surface area contributed by atoms with E-state index in [0.29, 0.717) is 6.54 Å². The Morgan fingerprint density at radius 3 is 2.94 bits per heavy atom. The van der Waals surface area contributed by atoms with Crippen LogP contribution in [0.1, 0.15) is 15.3 Å². The number of aryl methyl sites for hydroxylation is 1. The number of hydrogen-bond acceptors (Lipinski definition) is 3. The lowest BCUT2D eigenvalue weighted by atomic mass is 10.3. The molecule has 18 heavy (non-hydrogen) atoms. The van der Waals surface area contributed by atoms with Crippen LogP contribution in [0.5, 0.6) is 0 Å². The molecule has 2 aromatic heterocycles. The van der Waals surface area contributed by atoms with Gasteiger partial charge < -0.3 is 9.67 Å². The molecule has 0 spiro atoms. The lowest BCUT2D eigenvalue weighted by molar-refractivity contribution is 0.350. The molecule has 4 heteroatoms. The third-order valence-corrected chi connectivity index (χ3v) is 3.42. The first-order chi connectivity index (χ1) is 8.69. The summed E-state index contributed by atoms with van der Waals surface area (Å²) in [5, 5.41) is 8.62. The normalized spacial score (nSPS) is 9.89. The second kappa shape index (κ2) is 5.67. The molecule has 0 saturated heterocycles. The molecule has 0 bridgehead atoms. The van der Waals surface area contributed by atoms with Gasteiger partial charge in [-0.05, 0) is 30.7 Å². The Balaban J connectivity index is 2.19. The minimum Gasteiger partial charge on any atom is -0.384 e. The van der Waals surface area contributed by atoms with Gasteiger partial charge in [0.1, 0.15) is 6.61 Å². The highest BCUT2D eigenvalue weighted by Crippen LogP contribution is 2.16. The number of nitrogens with zero attached hydrogens (tertiary/aromatic N) is 1. The van der Waals surface area contributed by atoms with Crippen molar-refractivity contribution in [1.29, 1.82) is 0 Å². The highest BCUT2D eigenvalue weighted by atomic mass is 32.1. The maximum atomic E-state index is 11.7. The van der Waals surface area contributed by atoms with Crippen molar-refractivity contribution in [3.05, 3.63) is 56.1 Å². The first-order valence-corrected chi connectivity index (χ1v) is 6.36. The van der Waals surface area contributed by atoms with E-state index >= 15 is 0 Å². The summed E-state index contributed by atoms with van der Waals surface area (Å²) in [5.41, 5.74) is 0.975. The number of pyridine rings is 1. The monoisotopic (exact) mass is 259 g/mol. The Labute approximate surface area is 109 Å². The van der Waals surface area contributed by atoms with E-state index in [1.807, 2.05) is 25.1 Å². The van der Waals surface area contributed by atoms with Gasteiger partial charge in [-0.1, -0.05) is 11.8 Å². The van der Waals surface area contributed by atoms with Gasteiger partial charge in [0.25, 0.3) is 5.56 Å². The molecule has 0 aliphatic carbocycles. The summed E-state index contributed by atoms with van der Waals surface area (Å²) in [5.74, 6) is 5.46. The third kappa shape index (κ3) is 3.10. The van der Waals surface area contributed by atoms with Crippen molar-refractivity contribution in [2.24, 2.45) is 0 Å². The topological polar surface area (TPSA) is 42.2 Å². The van der Waals surface area contributed by atoms with Crippen LogP contribution in [0.2, 0.25) is 0 Å². The predicted octanol–water partition coefficient (Wildman–Crippen LogP) is 1.61. The summed E-state index contributed by atoms with van der Waals surface area (Å²) in [6.07, 6.45) is 1.80. The second-order valence-corrected chi connectivity index (χ2v) is 5.06. The molecule has 1 N–H and O–H groups in total. The van der Waals surface area contributed by atoms with E-state index in [1.165, 1.54) is 11.3 Å². The molecular weight excluding hydrogens is 246 g/mol. The van der Waals surface area contributed by atoms with E-state index in [9.17, 15) is 4.79 Å². The van der Waals surface area contributed by atoms with Gasteiger partial charge in [0.05, 0.1) is 11.4 Å². The minimum absolute atomic E-state index is 0.00592. The Kier molecular flexibility index (Phi) is 3.98. The van der Waals surface area contributed by atoms with Gasteiger partial charge in [-0.25, -0.2) is 0 Å². The summed E-state index contributed by atoms with van der Waals surface area (Å²) < 4.78 is 1.67. The fourth-order valence-electron chi connectivity index (χ4n) is 1.56. The Bertz CT molecular complexity index is 658. The molecule has 0 saturated carbocycles. The number of aliphatic hydroxyl groups excluding tert-OH is 1. The minimum atomic E-state index is -0.134. The van der Waals surface area contributed by atoms with Crippen LogP contribution in [-0.4, -0.2) is 16.3 Å². The Morgan fingerprint density at radius 2 is 2.22 bits per heavy atom. The first kappa shape index (κ1) is 12.6. The number of rotatable bonds is 2. The largest absolute Gasteiger partial charge is 0.384 e. The summed E-state index contributed by atoms with van der Waals surface area (Å²) >= 11 is 1.54. The van der Waals surface area contributed by atoms with Gasteiger partial charge in [-0.2, -0.15) is 0 Å². The zero-order valence-corrected chi connectivity index (χ0v) is 10.8. The van der Waals surface area contributed by atoms with Crippen molar-refractivity contribution < 1.29 is 5.11 Å². The van der Waals surface area contributed by atoms with Gasteiger partial charge in [0, 0.05) is 17.1 Å². The fraction of sp³-hybridized carbons (Fsp3) is 0.214. The molecule has 0 unspecified atom stereocenters. The van der Waals surface area contributed by atoms with E-state index in [2.05, 4.69) is 11.8 Å². The SMILES string of the molecule is Cc1ccn(Cc2ccc(C#CCO)s2)c(=O)c1. The molecule has 0 aromatic carbocycles. The van der Waals surface area contributed by atoms with Crippen molar-refractivity contribution in [2.45, 2.75) is 13.5 Å². The molecule has 0 aliphatic rings. The predicted molar refractivity (Wildman–Crippen MR) is 72.8 cm³/mol. The number of aliphatic hydroxyl groups is 1. The van der Waals surface area contributed by atoms with Gasteiger partial charge in [-0.15, -0.1) is 11.3 Å². The van der Waals surface area contributed by atoms with Gasteiger partial charge in [0.2, 0.25) is 0 Å². The lowest BCUT2D eigenvalue weighted by Crippen LogP contribution is -2.18. The summed E-state index contributed by atoms with van der Waals surface area (Å²) in [4.78, 5) is 13.7. The molecule has 2 heterocycles. The molecule has 0 aliphatic heterocycles. The van der Waals surface area contributed by atoms with E-state index in [1.54, 1.807) is 16.8 Å². The maximum absolute atomic E-state index is 11.7. The highest BCUT2D eigenvalue weighted by molar-refractivity contribution is 7.12. The number of hydrogen-bond donors (Lipinski definition) is 1. The maximum Gasteiger partial charge on any atom is 0.251 e. The molecule has 2 aromatic rings. The van der Waals surface area contributed by atoms with Crippen LogP contribution in [0, 0.1) is 18.8 Å². The van der Waals surface area contributed by atoms with Crippen LogP contribution in [0.4, 0.5) is 0 Å². The summed E-state index contributed by atoms with van der Waals surface area (Å²) in [7, 11) is 0. The van der Waals surface area contributed by atoms with Crippen molar-refractivity contribution in [3.63, 3.8) is 0 Å². The molecule has 0 atom stereocenters. The molecule has 3 nitrogen and oxygen atoms in total. The van der Waals surface area contributed by atoms with Crippen molar-refractivity contribution in [2.75, 3.05) is 6.61 Å². The number of thiophene rings is 1. The average Bonchev–Trinajstić information content (AvgIpc) is 2.78. The lowest BCUT2D eigenvalue weighted by Gasteiger charge is -2.03. The molecule has 92 valence electrons. The zero-order chi connectivity index (χ0) is 13.0. The Morgan fingerprint density at radius 1 is 1.39 bits per heavy atom. The summed E-state index contributed by atoms with van der Waals surface area (Å²) in [6, 6.07) is 7.40. The van der Waals surface area contributed by atoms with Crippen molar-refractivity contribution in [3.8, 4) is 11.8 Å². The average molecular weight is 259 g/mol. The second-order valence-electron chi connectivity index (χ2n) is 3.90. The van der Waals surface area contributed by atoms with Crippen LogP contribution in [0.25, 0.3) is 0 Å².